The summed E-state index contributed by atoms with van der Waals surface area (Å²) in [7, 11) is 4.18. The Morgan fingerprint density at radius 3 is 2.76 bits per heavy atom. The van der Waals surface area contributed by atoms with Crippen molar-refractivity contribution in [1.82, 2.24) is 14.9 Å². The second-order valence-corrected chi connectivity index (χ2v) is 6.16. The second-order valence-electron chi connectivity index (χ2n) is 6.16. The fourth-order valence-electron chi connectivity index (χ4n) is 2.68. The highest BCUT2D eigenvalue weighted by molar-refractivity contribution is 5.81. The largest absolute Gasteiger partial charge is 0.478 e. The van der Waals surface area contributed by atoms with Gasteiger partial charge in [-0.2, -0.15) is 0 Å². The van der Waals surface area contributed by atoms with Crippen LogP contribution in [0.1, 0.15) is 12.1 Å². The number of carboxylic acids is 1. The molecular weight excluding hydrogens is 316 g/mol. The molecule has 1 N–H and O–H groups in total. The Bertz CT molecular complexity index is 722. The van der Waals surface area contributed by atoms with Gasteiger partial charge in [-0.05, 0) is 38.2 Å². The number of carbonyl (C=O) groups is 1. The summed E-state index contributed by atoms with van der Waals surface area (Å²) in [6.45, 7) is 9.51. The number of hydrogen-bond acceptors (Lipinski definition) is 5. The number of hydrogen-bond donors (Lipinski definition) is 1. The van der Waals surface area contributed by atoms with E-state index in [-0.39, 0.29) is 0 Å². The fraction of sp³-hybridized carbons (Fsp3) is 0.316. The molecule has 1 fully saturated rings. The predicted octanol–water partition coefficient (Wildman–Crippen LogP) is 2.38. The van der Waals surface area contributed by atoms with E-state index in [4.69, 9.17) is 10.1 Å². The van der Waals surface area contributed by atoms with Crippen LogP contribution in [0.25, 0.3) is 5.57 Å². The number of nitrogens with zero attached hydrogens (tertiary/aromatic N) is 4. The molecule has 1 aliphatic rings. The number of aromatic nitrogens is 2. The average molecular weight is 340 g/mol. The maximum atomic E-state index is 10.6. The zero-order chi connectivity index (χ0) is 18.4. The van der Waals surface area contributed by atoms with Crippen molar-refractivity contribution in [1.29, 1.82) is 0 Å². The fourth-order valence-corrected chi connectivity index (χ4v) is 2.68. The maximum Gasteiger partial charge on any atom is 0.328 e. The highest BCUT2D eigenvalue weighted by Gasteiger charge is 2.25. The van der Waals surface area contributed by atoms with Gasteiger partial charge >= 0.3 is 5.97 Å². The quantitative estimate of drug-likeness (QED) is 0.607. The van der Waals surface area contributed by atoms with Crippen LogP contribution in [0.15, 0.2) is 55.4 Å². The number of allylic oxidation sites excluding steroid dienone is 5. The lowest BCUT2D eigenvalue weighted by Crippen LogP contribution is -2.31. The summed E-state index contributed by atoms with van der Waals surface area (Å²) in [5, 5.41) is 8.69. The number of likely N-dealkylation sites (N-methyl/N-ethyl adjacent to an activating group) is 1. The first-order valence-electron chi connectivity index (χ1n) is 8.08. The Hall–Kier alpha value is -2.73. The van der Waals surface area contributed by atoms with E-state index in [1.807, 2.05) is 0 Å². The summed E-state index contributed by atoms with van der Waals surface area (Å²) in [4.78, 5) is 24.0. The second kappa shape index (κ2) is 8.39. The average Bonchev–Trinajstić information content (AvgIpc) is 3.08. The minimum atomic E-state index is -1.01. The van der Waals surface area contributed by atoms with E-state index in [0.717, 1.165) is 37.0 Å². The zero-order valence-electron chi connectivity index (χ0n) is 14.7. The Morgan fingerprint density at radius 2 is 2.16 bits per heavy atom. The molecular formula is C19H24N4O2. The molecule has 6 heteroatoms. The normalized spacial score (nSPS) is 18.1. The standard InChI is InChI=1S/C19H24N4O2/c1-5-15(10-14(2)6-7-19(24)25)17-11-20-12-18(21-17)23-9-8-16(13-23)22(3)4/h5-7,10-12,16H,1-2,8-9,13H2,3-4H3,(H,24,25)/b7-6+,15-10+. The Morgan fingerprint density at radius 1 is 1.40 bits per heavy atom. The molecule has 2 heterocycles. The maximum absolute atomic E-state index is 10.6. The molecule has 0 spiro atoms. The van der Waals surface area contributed by atoms with Crippen molar-refractivity contribution >= 4 is 17.4 Å². The minimum Gasteiger partial charge on any atom is -0.478 e. The molecule has 6 nitrogen and oxygen atoms in total. The molecule has 0 aromatic carbocycles. The topological polar surface area (TPSA) is 69.6 Å². The van der Waals surface area contributed by atoms with Crippen LogP contribution < -0.4 is 4.90 Å². The van der Waals surface area contributed by atoms with Crippen molar-refractivity contribution in [3.8, 4) is 0 Å². The Balaban J connectivity index is 2.20. The van der Waals surface area contributed by atoms with Crippen LogP contribution in [0, 0.1) is 0 Å². The van der Waals surface area contributed by atoms with Gasteiger partial charge in [0.15, 0.2) is 0 Å². The van der Waals surface area contributed by atoms with E-state index < -0.39 is 5.97 Å². The highest BCUT2D eigenvalue weighted by atomic mass is 16.4. The van der Waals surface area contributed by atoms with E-state index >= 15 is 0 Å². The molecule has 1 aromatic heterocycles. The van der Waals surface area contributed by atoms with E-state index in [0.29, 0.717) is 17.3 Å². The van der Waals surface area contributed by atoms with Gasteiger partial charge in [-0.15, -0.1) is 0 Å². The van der Waals surface area contributed by atoms with E-state index in [1.54, 1.807) is 24.5 Å². The first-order chi connectivity index (χ1) is 11.9. The van der Waals surface area contributed by atoms with Gasteiger partial charge < -0.3 is 14.9 Å². The van der Waals surface area contributed by atoms with Crippen molar-refractivity contribution in [2.24, 2.45) is 0 Å². The SMILES string of the molecule is C=C/C(=C\C(=C)/C=C/C(=O)O)c1cncc(N2CCC(N(C)C)C2)n1. The van der Waals surface area contributed by atoms with Crippen molar-refractivity contribution in [2.45, 2.75) is 12.5 Å². The Kier molecular flexibility index (Phi) is 6.25. The van der Waals surface area contributed by atoms with Crippen molar-refractivity contribution in [2.75, 3.05) is 32.1 Å². The smallest absolute Gasteiger partial charge is 0.328 e. The van der Waals surface area contributed by atoms with Crippen LogP contribution in [0.3, 0.4) is 0 Å². The minimum absolute atomic E-state index is 0.515. The lowest BCUT2D eigenvalue weighted by molar-refractivity contribution is -0.131. The first kappa shape index (κ1) is 18.6. The lowest BCUT2D eigenvalue weighted by Gasteiger charge is -2.21. The third-order valence-electron chi connectivity index (χ3n) is 4.14. The summed E-state index contributed by atoms with van der Waals surface area (Å²) in [6, 6.07) is 0.515. The summed E-state index contributed by atoms with van der Waals surface area (Å²) in [6.07, 6.45) is 10.4. The number of rotatable bonds is 7. The number of aliphatic carboxylic acids is 1. The molecule has 1 atom stereocenters. The van der Waals surface area contributed by atoms with Gasteiger partial charge in [0.25, 0.3) is 0 Å². The molecule has 0 aliphatic carbocycles. The third-order valence-corrected chi connectivity index (χ3v) is 4.14. The van der Waals surface area contributed by atoms with Gasteiger partial charge in [0.05, 0.1) is 18.1 Å². The monoisotopic (exact) mass is 340 g/mol. The third kappa shape index (κ3) is 5.12. The van der Waals surface area contributed by atoms with Gasteiger partial charge in [-0.25, -0.2) is 9.78 Å². The highest BCUT2D eigenvalue weighted by Crippen LogP contribution is 2.22. The van der Waals surface area contributed by atoms with E-state index in [1.165, 1.54) is 6.08 Å². The van der Waals surface area contributed by atoms with Crippen LogP contribution in [-0.2, 0) is 4.79 Å². The molecule has 0 saturated carbocycles. The van der Waals surface area contributed by atoms with Crippen LogP contribution >= 0.6 is 0 Å². The zero-order valence-corrected chi connectivity index (χ0v) is 14.7. The van der Waals surface area contributed by atoms with Crippen molar-refractivity contribution in [3.05, 3.63) is 61.1 Å². The summed E-state index contributed by atoms with van der Waals surface area (Å²) in [5.74, 6) is -0.178. The lowest BCUT2D eigenvalue weighted by atomic mass is 10.1. The summed E-state index contributed by atoms with van der Waals surface area (Å²) >= 11 is 0. The molecule has 0 radical (unpaired) electrons. The van der Waals surface area contributed by atoms with Gasteiger partial charge in [-0.3, -0.25) is 4.98 Å². The summed E-state index contributed by atoms with van der Waals surface area (Å²) < 4.78 is 0. The van der Waals surface area contributed by atoms with Crippen LogP contribution in [0.5, 0.6) is 0 Å². The molecule has 1 saturated heterocycles. The van der Waals surface area contributed by atoms with Gasteiger partial charge in [0, 0.05) is 30.8 Å². The molecule has 25 heavy (non-hydrogen) atoms. The van der Waals surface area contributed by atoms with Crippen LogP contribution in [-0.4, -0.2) is 59.2 Å². The molecule has 132 valence electrons. The molecule has 1 aromatic rings. The van der Waals surface area contributed by atoms with Crippen LogP contribution in [0.4, 0.5) is 5.82 Å². The predicted molar refractivity (Wildman–Crippen MR) is 100 cm³/mol. The number of anilines is 1. The van der Waals surface area contributed by atoms with Gasteiger partial charge in [0.2, 0.25) is 0 Å². The van der Waals surface area contributed by atoms with Gasteiger partial charge in [0.1, 0.15) is 5.82 Å². The van der Waals surface area contributed by atoms with E-state index in [9.17, 15) is 4.79 Å². The van der Waals surface area contributed by atoms with E-state index in [2.05, 4.69) is 42.0 Å². The molecule has 1 unspecified atom stereocenters. The Labute approximate surface area is 148 Å². The van der Waals surface area contributed by atoms with Crippen LogP contribution in [0.2, 0.25) is 0 Å². The molecule has 0 bridgehead atoms. The van der Waals surface area contributed by atoms with Crippen molar-refractivity contribution in [3.63, 3.8) is 0 Å². The molecule has 1 aliphatic heterocycles. The first-order valence-corrected chi connectivity index (χ1v) is 8.08. The molecule has 0 amide bonds. The van der Waals surface area contributed by atoms with Crippen molar-refractivity contribution < 1.29 is 9.90 Å². The molecule has 2 rings (SSSR count). The van der Waals surface area contributed by atoms with Gasteiger partial charge in [-0.1, -0.05) is 19.2 Å². The number of carboxylic acid groups (broad SMARTS) is 1. The summed E-state index contributed by atoms with van der Waals surface area (Å²) in [5.41, 5.74) is 1.99.